The fourth-order valence-corrected chi connectivity index (χ4v) is 2.33. The number of nitrogens with one attached hydrogen (secondary N) is 1. The number of rotatable bonds is 5. The van der Waals surface area contributed by atoms with E-state index >= 15 is 0 Å². The van der Waals surface area contributed by atoms with Crippen LogP contribution in [0, 0.1) is 11.6 Å². The molecule has 1 unspecified atom stereocenters. The molecule has 1 aromatic carbocycles. The van der Waals surface area contributed by atoms with Crippen LogP contribution < -0.4 is 5.32 Å². The molecule has 0 aliphatic heterocycles. The molecular weight excluding hydrogens is 282 g/mol. The van der Waals surface area contributed by atoms with Gasteiger partial charge in [-0.05, 0) is 31.2 Å². The Morgan fingerprint density at radius 2 is 2.05 bits per heavy atom. The lowest BCUT2D eigenvalue weighted by molar-refractivity contribution is 0.518. The normalized spacial score (nSPS) is 12.4. The van der Waals surface area contributed by atoms with Crippen molar-refractivity contribution in [3.05, 3.63) is 64.4 Å². The quantitative estimate of drug-likeness (QED) is 0.898. The number of hydrogen-bond acceptors (Lipinski definition) is 2. The minimum atomic E-state index is -0.633. The maximum atomic E-state index is 14.1. The molecule has 0 amide bonds. The molecule has 0 spiro atoms. The highest BCUT2D eigenvalue weighted by molar-refractivity contribution is 6.31. The summed E-state index contributed by atoms with van der Waals surface area (Å²) in [6.45, 7) is 2.60. The van der Waals surface area contributed by atoms with Gasteiger partial charge in [0.15, 0.2) is 0 Å². The first-order valence-electron chi connectivity index (χ1n) is 6.41. The lowest BCUT2D eigenvalue weighted by Gasteiger charge is -2.21. The average molecular weight is 297 g/mol. The Labute approximate surface area is 121 Å². The molecule has 1 N–H and O–H groups in total. The third-order valence-corrected chi connectivity index (χ3v) is 3.33. The standard InChI is InChI=1S/C15H15ClF2N2/c1-2-7-20-15(10-6-8-19-9-13(10)18)14-11(16)4-3-5-12(14)17/h3-6,8-9,15,20H,2,7H2,1H3. The van der Waals surface area contributed by atoms with Crippen molar-refractivity contribution in [2.45, 2.75) is 19.4 Å². The van der Waals surface area contributed by atoms with Gasteiger partial charge in [0.1, 0.15) is 11.6 Å². The molecule has 1 aromatic heterocycles. The number of pyridine rings is 1. The minimum Gasteiger partial charge on any atom is -0.306 e. The number of nitrogens with zero attached hydrogens (tertiary/aromatic N) is 1. The van der Waals surface area contributed by atoms with Crippen LogP contribution in [0.15, 0.2) is 36.7 Å². The number of halogens is 3. The summed E-state index contributed by atoms with van der Waals surface area (Å²) in [7, 11) is 0. The first kappa shape index (κ1) is 14.9. The van der Waals surface area contributed by atoms with E-state index in [0.29, 0.717) is 12.1 Å². The maximum absolute atomic E-state index is 14.1. The lowest BCUT2D eigenvalue weighted by Crippen LogP contribution is -2.25. The smallest absolute Gasteiger partial charge is 0.146 e. The van der Waals surface area contributed by atoms with Gasteiger partial charge < -0.3 is 5.32 Å². The Balaban J connectivity index is 2.50. The van der Waals surface area contributed by atoms with E-state index in [1.54, 1.807) is 6.07 Å². The summed E-state index contributed by atoms with van der Waals surface area (Å²) >= 11 is 6.09. The predicted octanol–water partition coefficient (Wildman–Crippen LogP) is 4.10. The van der Waals surface area contributed by atoms with E-state index in [1.807, 2.05) is 6.92 Å². The van der Waals surface area contributed by atoms with E-state index in [9.17, 15) is 8.78 Å². The van der Waals surface area contributed by atoms with Crippen molar-refractivity contribution < 1.29 is 8.78 Å². The van der Waals surface area contributed by atoms with Gasteiger partial charge in [0.25, 0.3) is 0 Å². The number of benzene rings is 1. The van der Waals surface area contributed by atoms with Crippen LogP contribution in [0.2, 0.25) is 5.02 Å². The van der Waals surface area contributed by atoms with Crippen molar-refractivity contribution >= 4 is 11.6 Å². The van der Waals surface area contributed by atoms with Gasteiger partial charge in [0.05, 0.1) is 12.2 Å². The molecule has 1 heterocycles. The molecule has 0 saturated carbocycles. The topological polar surface area (TPSA) is 24.9 Å². The summed E-state index contributed by atoms with van der Waals surface area (Å²) < 4.78 is 28.0. The van der Waals surface area contributed by atoms with E-state index in [2.05, 4.69) is 10.3 Å². The zero-order chi connectivity index (χ0) is 14.5. The fourth-order valence-electron chi connectivity index (χ4n) is 2.06. The Hall–Kier alpha value is -1.52. The molecule has 2 aromatic rings. The Bertz CT molecular complexity index is 570. The molecule has 106 valence electrons. The molecule has 5 heteroatoms. The molecule has 0 aliphatic carbocycles. The highest BCUT2D eigenvalue weighted by atomic mass is 35.5. The van der Waals surface area contributed by atoms with Gasteiger partial charge in [-0.25, -0.2) is 8.78 Å². The van der Waals surface area contributed by atoms with Crippen LogP contribution in [0.1, 0.15) is 30.5 Å². The van der Waals surface area contributed by atoms with Crippen molar-refractivity contribution in [2.24, 2.45) is 0 Å². The Morgan fingerprint density at radius 3 is 2.70 bits per heavy atom. The van der Waals surface area contributed by atoms with E-state index in [4.69, 9.17) is 11.6 Å². The van der Waals surface area contributed by atoms with Crippen LogP contribution in [0.5, 0.6) is 0 Å². The van der Waals surface area contributed by atoms with Gasteiger partial charge in [0, 0.05) is 22.3 Å². The van der Waals surface area contributed by atoms with Crippen LogP contribution in [-0.2, 0) is 0 Å². The lowest BCUT2D eigenvalue weighted by atomic mass is 9.98. The summed E-state index contributed by atoms with van der Waals surface area (Å²) in [6, 6.07) is 5.35. The molecule has 0 aliphatic rings. The largest absolute Gasteiger partial charge is 0.306 e. The van der Waals surface area contributed by atoms with Crippen molar-refractivity contribution in [3.8, 4) is 0 Å². The summed E-state index contributed by atoms with van der Waals surface area (Å²) in [4.78, 5) is 3.72. The van der Waals surface area contributed by atoms with Crippen molar-refractivity contribution in [3.63, 3.8) is 0 Å². The van der Waals surface area contributed by atoms with E-state index in [0.717, 1.165) is 12.6 Å². The second-order valence-electron chi connectivity index (χ2n) is 4.42. The van der Waals surface area contributed by atoms with Gasteiger partial charge in [-0.3, -0.25) is 4.98 Å². The summed E-state index contributed by atoms with van der Waals surface area (Å²) in [5.41, 5.74) is 0.591. The van der Waals surface area contributed by atoms with Crippen LogP contribution >= 0.6 is 11.6 Å². The molecule has 20 heavy (non-hydrogen) atoms. The van der Waals surface area contributed by atoms with Crippen molar-refractivity contribution in [1.29, 1.82) is 0 Å². The molecule has 0 bridgehead atoms. The third-order valence-electron chi connectivity index (χ3n) is 3.00. The monoisotopic (exact) mass is 296 g/mol. The highest BCUT2D eigenvalue weighted by Crippen LogP contribution is 2.31. The first-order chi connectivity index (χ1) is 9.65. The SMILES string of the molecule is CCCNC(c1ccncc1F)c1c(F)cccc1Cl. The summed E-state index contributed by atoms with van der Waals surface area (Å²) in [6.07, 6.45) is 3.44. The van der Waals surface area contributed by atoms with E-state index in [-0.39, 0.29) is 10.6 Å². The van der Waals surface area contributed by atoms with Gasteiger partial charge in [-0.15, -0.1) is 0 Å². The van der Waals surface area contributed by atoms with Crippen LogP contribution in [0.25, 0.3) is 0 Å². The van der Waals surface area contributed by atoms with Crippen LogP contribution in [0.3, 0.4) is 0 Å². The van der Waals surface area contributed by atoms with Gasteiger partial charge >= 0.3 is 0 Å². The van der Waals surface area contributed by atoms with Crippen molar-refractivity contribution in [1.82, 2.24) is 10.3 Å². The molecule has 0 radical (unpaired) electrons. The summed E-state index contributed by atoms with van der Waals surface area (Å²) in [5, 5.41) is 3.41. The second kappa shape index (κ2) is 6.77. The molecule has 1 atom stereocenters. The van der Waals surface area contributed by atoms with Crippen molar-refractivity contribution in [2.75, 3.05) is 6.54 Å². The highest BCUT2D eigenvalue weighted by Gasteiger charge is 2.22. The molecular formula is C15H15ClF2N2. The third kappa shape index (κ3) is 3.14. The number of aromatic nitrogens is 1. The molecule has 0 saturated heterocycles. The Morgan fingerprint density at radius 1 is 1.25 bits per heavy atom. The first-order valence-corrected chi connectivity index (χ1v) is 6.79. The second-order valence-corrected chi connectivity index (χ2v) is 4.83. The average Bonchev–Trinajstić information content (AvgIpc) is 2.43. The molecule has 2 rings (SSSR count). The van der Waals surface area contributed by atoms with Gasteiger partial charge in [-0.1, -0.05) is 24.6 Å². The number of hydrogen-bond donors (Lipinski definition) is 1. The van der Waals surface area contributed by atoms with E-state index in [1.165, 1.54) is 24.4 Å². The minimum absolute atomic E-state index is 0.257. The van der Waals surface area contributed by atoms with Gasteiger partial charge in [0.2, 0.25) is 0 Å². The molecule has 2 nitrogen and oxygen atoms in total. The van der Waals surface area contributed by atoms with Crippen LogP contribution in [-0.4, -0.2) is 11.5 Å². The maximum Gasteiger partial charge on any atom is 0.146 e. The van der Waals surface area contributed by atoms with E-state index < -0.39 is 17.7 Å². The summed E-state index contributed by atoms with van der Waals surface area (Å²) in [5.74, 6) is -0.942. The Kier molecular flexibility index (Phi) is 5.04. The predicted molar refractivity (Wildman–Crippen MR) is 75.7 cm³/mol. The van der Waals surface area contributed by atoms with Crippen LogP contribution in [0.4, 0.5) is 8.78 Å². The fraction of sp³-hybridized carbons (Fsp3) is 0.267. The zero-order valence-electron chi connectivity index (χ0n) is 11.0. The van der Waals surface area contributed by atoms with Gasteiger partial charge in [-0.2, -0.15) is 0 Å². The zero-order valence-corrected chi connectivity index (χ0v) is 11.8. The molecule has 0 fully saturated rings.